The first-order chi connectivity index (χ1) is 10.1. The van der Waals surface area contributed by atoms with Gasteiger partial charge in [0, 0.05) is 30.9 Å². The number of nitrogens with one attached hydrogen (secondary N) is 1. The van der Waals surface area contributed by atoms with Crippen molar-refractivity contribution in [3.8, 4) is 11.5 Å². The van der Waals surface area contributed by atoms with Gasteiger partial charge in [-0.2, -0.15) is 0 Å². The van der Waals surface area contributed by atoms with Gasteiger partial charge in [0.2, 0.25) is 21.8 Å². The molecule has 0 radical (unpaired) electrons. The minimum absolute atomic E-state index is 0.148. The van der Waals surface area contributed by atoms with Gasteiger partial charge in [0.25, 0.3) is 0 Å². The van der Waals surface area contributed by atoms with E-state index in [1.54, 1.807) is 24.5 Å². The first-order valence-corrected chi connectivity index (χ1v) is 8.46. The molecule has 0 saturated carbocycles. The summed E-state index contributed by atoms with van der Waals surface area (Å²) in [5.74, 6) is 0.955. The molecule has 2 rings (SSSR count). The molecule has 1 N–H and O–H groups in total. The summed E-state index contributed by atoms with van der Waals surface area (Å²) >= 11 is 0. The number of nitrogens with zero attached hydrogens (tertiary/aromatic N) is 3. The van der Waals surface area contributed by atoms with Crippen molar-refractivity contribution in [2.24, 2.45) is 0 Å². The van der Waals surface area contributed by atoms with Crippen LogP contribution in [-0.2, 0) is 16.4 Å². The molecule has 0 amide bonds. The van der Waals surface area contributed by atoms with E-state index in [4.69, 9.17) is 4.42 Å². The van der Waals surface area contributed by atoms with Crippen LogP contribution in [-0.4, -0.2) is 35.9 Å². The Bertz CT molecular complexity index is 655. The molecule has 8 heteroatoms. The maximum absolute atomic E-state index is 11.6. The van der Waals surface area contributed by atoms with E-state index in [9.17, 15) is 8.42 Å². The molecule has 0 fully saturated rings. The molecule has 0 saturated heterocycles. The third-order valence-electron chi connectivity index (χ3n) is 2.82. The fraction of sp³-hybridized carbons (Fsp3) is 0.462. The van der Waals surface area contributed by atoms with Crippen LogP contribution in [0.3, 0.4) is 0 Å². The maximum Gasteiger partial charge on any atom is 0.247 e. The van der Waals surface area contributed by atoms with Crippen molar-refractivity contribution in [3.05, 3.63) is 30.4 Å². The van der Waals surface area contributed by atoms with E-state index in [0.29, 0.717) is 24.6 Å². The number of pyridine rings is 1. The van der Waals surface area contributed by atoms with Crippen LogP contribution in [0.4, 0.5) is 0 Å². The first-order valence-electron chi connectivity index (χ1n) is 6.81. The Morgan fingerprint density at radius 3 is 2.71 bits per heavy atom. The van der Waals surface area contributed by atoms with Crippen molar-refractivity contribution in [1.82, 2.24) is 19.9 Å². The van der Waals surface area contributed by atoms with Gasteiger partial charge in [0.05, 0.1) is 5.75 Å². The number of sulfonamides is 1. The highest BCUT2D eigenvalue weighted by Gasteiger charge is 2.11. The number of unbranched alkanes of at least 4 members (excludes halogenated alkanes) is 1. The summed E-state index contributed by atoms with van der Waals surface area (Å²) in [6, 6.07) is 3.54. The summed E-state index contributed by atoms with van der Waals surface area (Å²) in [4.78, 5) is 3.91. The van der Waals surface area contributed by atoms with E-state index in [1.807, 2.05) is 6.92 Å². The van der Waals surface area contributed by atoms with Crippen LogP contribution in [0.15, 0.2) is 28.9 Å². The quantitative estimate of drug-likeness (QED) is 0.791. The Hall–Kier alpha value is -1.80. The molecular formula is C13H18N4O3S. The van der Waals surface area contributed by atoms with Crippen LogP contribution in [0, 0.1) is 0 Å². The summed E-state index contributed by atoms with van der Waals surface area (Å²) < 4.78 is 31.2. The molecule has 0 bridgehead atoms. The second-order valence-electron chi connectivity index (χ2n) is 4.55. The van der Waals surface area contributed by atoms with E-state index in [0.717, 1.165) is 12.0 Å². The minimum Gasteiger partial charge on any atom is -0.421 e. The van der Waals surface area contributed by atoms with E-state index >= 15 is 0 Å². The van der Waals surface area contributed by atoms with Gasteiger partial charge in [-0.3, -0.25) is 4.98 Å². The molecule has 2 aromatic heterocycles. The average molecular weight is 310 g/mol. The zero-order valence-electron chi connectivity index (χ0n) is 11.8. The largest absolute Gasteiger partial charge is 0.421 e. The van der Waals surface area contributed by atoms with E-state index in [2.05, 4.69) is 19.9 Å². The van der Waals surface area contributed by atoms with Crippen molar-refractivity contribution in [3.63, 3.8) is 0 Å². The highest BCUT2D eigenvalue weighted by Crippen LogP contribution is 2.16. The summed E-state index contributed by atoms with van der Waals surface area (Å²) in [6.07, 6.45) is 5.15. The van der Waals surface area contributed by atoms with Crippen molar-refractivity contribution >= 4 is 10.0 Å². The normalized spacial score (nSPS) is 11.7. The molecule has 21 heavy (non-hydrogen) atoms. The molecule has 0 aliphatic heterocycles. The molecule has 0 aliphatic carbocycles. The van der Waals surface area contributed by atoms with E-state index in [-0.39, 0.29) is 12.3 Å². The van der Waals surface area contributed by atoms with Gasteiger partial charge in [0.15, 0.2) is 0 Å². The van der Waals surface area contributed by atoms with Gasteiger partial charge >= 0.3 is 0 Å². The predicted octanol–water partition coefficient (Wildman–Crippen LogP) is 1.39. The lowest BCUT2D eigenvalue weighted by atomic mass is 10.3. The lowest BCUT2D eigenvalue weighted by Gasteiger charge is -2.03. The van der Waals surface area contributed by atoms with Crippen molar-refractivity contribution in [1.29, 1.82) is 0 Å². The second-order valence-corrected chi connectivity index (χ2v) is 6.48. The Labute approximate surface area is 123 Å². The third kappa shape index (κ3) is 4.91. The van der Waals surface area contributed by atoms with Gasteiger partial charge in [-0.15, -0.1) is 10.2 Å². The summed E-state index contributed by atoms with van der Waals surface area (Å²) in [7, 11) is -3.21. The van der Waals surface area contributed by atoms with Gasteiger partial charge in [-0.1, -0.05) is 13.3 Å². The number of rotatable bonds is 8. The zero-order chi connectivity index (χ0) is 15.1. The maximum atomic E-state index is 11.6. The molecule has 2 heterocycles. The fourth-order valence-corrected chi connectivity index (χ4v) is 2.91. The molecule has 0 spiro atoms. The lowest BCUT2D eigenvalue weighted by molar-refractivity contribution is 0.501. The van der Waals surface area contributed by atoms with Crippen LogP contribution >= 0.6 is 0 Å². The Morgan fingerprint density at radius 2 is 2.00 bits per heavy atom. The van der Waals surface area contributed by atoms with Crippen LogP contribution < -0.4 is 4.72 Å². The molecule has 0 unspecified atom stereocenters. The Morgan fingerprint density at radius 1 is 1.24 bits per heavy atom. The third-order valence-corrected chi connectivity index (χ3v) is 4.29. The van der Waals surface area contributed by atoms with Crippen LogP contribution in [0.1, 0.15) is 25.7 Å². The SMILES string of the molecule is CCCCS(=O)(=O)NCCc1nnc(-c2ccncc2)o1. The smallest absolute Gasteiger partial charge is 0.247 e. The molecule has 0 aliphatic rings. The summed E-state index contributed by atoms with van der Waals surface area (Å²) in [5, 5.41) is 7.83. The van der Waals surface area contributed by atoms with E-state index < -0.39 is 10.0 Å². The highest BCUT2D eigenvalue weighted by atomic mass is 32.2. The van der Waals surface area contributed by atoms with Gasteiger partial charge < -0.3 is 4.42 Å². The Balaban J connectivity index is 1.86. The number of aromatic nitrogens is 3. The van der Waals surface area contributed by atoms with Gasteiger partial charge in [-0.05, 0) is 18.6 Å². The van der Waals surface area contributed by atoms with Crippen LogP contribution in [0.5, 0.6) is 0 Å². The minimum atomic E-state index is -3.21. The van der Waals surface area contributed by atoms with Crippen molar-refractivity contribution in [2.75, 3.05) is 12.3 Å². The van der Waals surface area contributed by atoms with Crippen molar-refractivity contribution in [2.45, 2.75) is 26.2 Å². The summed E-state index contributed by atoms with van der Waals surface area (Å²) in [6.45, 7) is 2.21. The van der Waals surface area contributed by atoms with Crippen LogP contribution in [0.25, 0.3) is 11.5 Å². The number of hydrogen-bond donors (Lipinski definition) is 1. The van der Waals surface area contributed by atoms with Crippen LogP contribution in [0.2, 0.25) is 0 Å². The molecule has 114 valence electrons. The van der Waals surface area contributed by atoms with Crippen molar-refractivity contribution < 1.29 is 12.8 Å². The predicted molar refractivity (Wildman–Crippen MR) is 77.9 cm³/mol. The topological polar surface area (TPSA) is 98.0 Å². The molecule has 0 aromatic carbocycles. The standard InChI is InChI=1S/C13H18N4O3S/c1-2-3-10-21(18,19)15-9-6-12-16-17-13(20-12)11-4-7-14-8-5-11/h4-5,7-8,15H,2-3,6,9-10H2,1H3. The molecule has 7 nitrogen and oxygen atoms in total. The number of hydrogen-bond acceptors (Lipinski definition) is 6. The van der Waals surface area contributed by atoms with E-state index in [1.165, 1.54) is 0 Å². The van der Waals surface area contributed by atoms with Gasteiger partial charge in [-0.25, -0.2) is 13.1 Å². The first kappa shape index (κ1) is 15.6. The highest BCUT2D eigenvalue weighted by molar-refractivity contribution is 7.89. The second kappa shape index (κ2) is 7.28. The zero-order valence-corrected chi connectivity index (χ0v) is 12.6. The molecule has 0 atom stereocenters. The average Bonchev–Trinajstić information content (AvgIpc) is 2.95. The fourth-order valence-electron chi connectivity index (χ4n) is 1.69. The molecular weight excluding hydrogens is 292 g/mol. The molecule has 2 aromatic rings. The monoisotopic (exact) mass is 310 g/mol. The Kier molecular flexibility index (Phi) is 5.40. The lowest BCUT2D eigenvalue weighted by Crippen LogP contribution is -2.28. The summed E-state index contributed by atoms with van der Waals surface area (Å²) in [5.41, 5.74) is 0.785. The van der Waals surface area contributed by atoms with Gasteiger partial charge in [0.1, 0.15) is 0 Å².